The first-order valence-corrected chi connectivity index (χ1v) is 7.59. The van der Waals surface area contributed by atoms with E-state index in [0.717, 1.165) is 0 Å². The normalized spacial score (nSPS) is 11.3. The molecule has 21 heavy (non-hydrogen) atoms. The molecule has 2 aromatic carbocycles. The molecular weight excluding hydrogens is 385 g/mol. The largest absolute Gasteiger partial charge is 0.295 e. The molecular formula is C14H7BrCl2F2N2. The zero-order chi connectivity index (χ0) is 15.1. The molecule has 3 aromatic rings. The minimum Gasteiger partial charge on any atom is -0.295 e. The van der Waals surface area contributed by atoms with Crippen LogP contribution in [0.2, 0.25) is 5.02 Å². The lowest BCUT2D eigenvalue weighted by Crippen LogP contribution is -2.00. The van der Waals surface area contributed by atoms with Gasteiger partial charge in [-0.25, -0.2) is 13.8 Å². The summed E-state index contributed by atoms with van der Waals surface area (Å²) in [6.07, 6.45) is 0. The van der Waals surface area contributed by atoms with Gasteiger partial charge in [0.25, 0.3) is 0 Å². The molecule has 0 aliphatic rings. The van der Waals surface area contributed by atoms with Gasteiger partial charge in [-0.1, -0.05) is 11.6 Å². The Morgan fingerprint density at radius 3 is 2.57 bits per heavy atom. The van der Waals surface area contributed by atoms with Crippen LogP contribution >= 0.6 is 39.1 Å². The summed E-state index contributed by atoms with van der Waals surface area (Å²) < 4.78 is 29.4. The summed E-state index contributed by atoms with van der Waals surface area (Å²) in [5.74, 6) is -0.391. The van der Waals surface area contributed by atoms with E-state index in [1.165, 1.54) is 18.2 Å². The third kappa shape index (κ3) is 2.54. The standard InChI is InChI=1S/C14H7BrCl2F2N2/c15-8-4-12-13(5-10(8)18)21(14(6-16)20-12)7-1-2-9(17)11(19)3-7/h1-5H,6H2. The zero-order valence-electron chi connectivity index (χ0n) is 10.4. The molecule has 2 nitrogen and oxygen atoms in total. The Morgan fingerprint density at radius 1 is 1.14 bits per heavy atom. The molecule has 108 valence electrons. The molecule has 0 saturated carbocycles. The van der Waals surface area contributed by atoms with E-state index in [-0.39, 0.29) is 10.9 Å². The van der Waals surface area contributed by atoms with Crippen molar-refractivity contribution in [2.75, 3.05) is 0 Å². The Bertz CT molecular complexity index is 849. The third-order valence-corrected chi connectivity index (χ3v) is 4.20. The van der Waals surface area contributed by atoms with E-state index in [0.29, 0.717) is 27.0 Å². The fraction of sp³-hybridized carbons (Fsp3) is 0.0714. The predicted octanol–water partition coefficient (Wildman–Crippen LogP) is 5.46. The number of hydrogen-bond donors (Lipinski definition) is 0. The molecule has 0 amide bonds. The average Bonchev–Trinajstić information content (AvgIpc) is 2.80. The van der Waals surface area contributed by atoms with Crippen LogP contribution in [0.1, 0.15) is 5.82 Å². The van der Waals surface area contributed by atoms with Crippen molar-refractivity contribution in [2.24, 2.45) is 0 Å². The van der Waals surface area contributed by atoms with Crippen molar-refractivity contribution >= 4 is 50.2 Å². The van der Waals surface area contributed by atoms with Crippen molar-refractivity contribution in [2.45, 2.75) is 5.88 Å². The molecule has 3 rings (SSSR count). The molecule has 0 radical (unpaired) electrons. The smallest absolute Gasteiger partial charge is 0.143 e. The van der Waals surface area contributed by atoms with Gasteiger partial charge in [-0.05, 0) is 40.2 Å². The first-order chi connectivity index (χ1) is 10.0. The summed E-state index contributed by atoms with van der Waals surface area (Å²) in [5, 5.41) is 0.0181. The number of hydrogen-bond acceptors (Lipinski definition) is 1. The van der Waals surface area contributed by atoms with E-state index in [4.69, 9.17) is 23.2 Å². The number of alkyl halides is 1. The number of halogens is 5. The number of benzene rings is 2. The summed E-state index contributed by atoms with van der Waals surface area (Å²) in [7, 11) is 0. The van der Waals surface area contributed by atoms with Gasteiger partial charge in [-0.15, -0.1) is 11.6 Å². The van der Waals surface area contributed by atoms with Crippen molar-refractivity contribution < 1.29 is 8.78 Å². The van der Waals surface area contributed by atoms with E-state index < -0.39 is 11.6 Å². The van der Waals surface area contributed by atoms with Gasteiger partial charge in [-0.3, -0.25) is 4.57 Å². The Morgan fingerprint density at radius 2 is 1.90 bits per heavy atom. The van der Waals surface area contributed by atoms with Crippen molar-refractivity contribution in [1.82, 2.24) is 9.55 Å². The van der Waals surface area contributed by atoms with Crippen LogP contribution < -0.4 is 0 Å². The van der Waals surface area contributed by atoms with Crippen molar-refractivity contribution in [1.29, 1.82) is 0 Å². The Hall–Kier alpha value is -1.17. The van der Waals surface area contributed by atoms with E-state index in [1.54, 1.807) is 16.7 Å². The van der Waals surface area contributed by atoms with Crippen LogP contribution in [0.4, 0.5) is 8.78 Å². The van der Waals surface area contributed by atoms with E-state index in [2.05, 4.69) is 20.9 Å². The molecule has 0 N–H and O–H groups in total. The number of aromatic nitrogens is 2. The molecule has 0 bridgehead atoms. The van der Waals surface area contributed by atoms with Gasteiger partial charge in [0, 0.05) is 6.07 Å². The lowest BCUT2D eigenvalue weighted by atomic mass is 10.2. The van der Waals surface area contributed by atoms with E-state index in [9.17, 15) is 8.78 Å². The second-order valence-corrected chi connectivity index (χ2v) is 5.88. The minimum atomic E-state index is -0.561. The highest BCUT2D eigenvalue weighted by atomic mass is 79.9. The quantitative estimate of drug-likeness (QED) is 0.530. The summed E-state index contributed by atoms with van der Waals surface area (Å²) in [6.45, 7) is 0. The van der Waals surface area contributed by atoms with Gasteiger partial charge in [0.15, 0.2) is 0 Å². The molecule has 0 saturated heterocycles. The number of fused-ring (bicyclic) bond motifs is 1. The van der Waals surface area contributed by atoms with E-state index >= 15 is 0 Å². The lowest BCUT2D eigenvalue weighted by molar-refractivity contribution is 0.622. The molecule has 1 aromatic heterocycles. The molecule has 0 aliphatic heterocycles. The topological polar surface area (TPSA) is 17.8 Å². The average molecular weight is 392 g/mol. The first-order valence-electron chi connectivity index (χ1n) is 5.89. The molecule has 0 spiro atoms. The van der Waals surface area contributed by atoms with Gasteiger partial charge in [0.1, 0.15) is 17.5 Å². The highest BCUT2D eigenvalue weighted by molar-refractivity contribution is 9.10. The summed E-state index contributed by atoms with van der Waals surface area (Å²) >= 11 is 14.7. The fourth-order valence-electron chi connectivity index (χ4n) is 2.12. The number of imidazole rings is 1. The predicted molar refractivity (Wildman–Crippen MR) is 83.3 cm³/mol. The van der Waals surface area contributed by atoms with Crippen molar-refractivity contribution in [3.05, 3.63) is 57.3 Å². The van der Waals surface area contributed by atoms with Crippen LogP contribution in [0.15, 0.2) is 34.8 Å². The van der Waals surface area contributed by atoms with Crippen LogP contribution in [-0.4, -0.2) is 9.55 Å². The van der Waals surface area contributed by atoms with Crippen LogP contribution in [-0.2, 0) is 5.88 Å². The monoisotopic (exact) mass is 390 g/mol. The summed E-state index contributed by atoms with van der Waals surface area (Å²) in [4.78, 5) is 4.34. The minimum absolute atomic E-state index is 0.0181. The zero-order valence-corrected chi connectivity index (χ0v) is 13.5. The Labute approximate surface area is 137 Å². The highest BCUT2D eigenvalue weighted by Crippen LogP contribution is 2.28. The maximum Gasteiger partial charge on any atom is 0.143 e. The fourth-order valence-corrected chi connectivity index (χ4v) is 2.75. The Kier molecular flexibility index (Phi) is 3.90. The van der Waals surface area contributed by atoms with Gasteiger partial charge in [0.05, 0.1) is 32.1 Å². The summed E-state index contributed by atoms with van der Waals surface area (Å²) in [5.41, 5.74) is 1.55. The number of nitrogens with zero attached hydrogens (tertiary/aromatic N) is 2. The maximum absolute atomic E-state index is 13.8. The highest BCUT2D eigenvalue weighted by Gasteiger charge is 2.15. The van der Waals surface area contributed by atoms with Gasteiger partial charge in [0.2, 0.25) is 0 Å². The number of rotatable bonds is 2. The van der Waals surface area contributed by atoms with Crippen LogP contribution in [0.25, 0.3) is 16.7 Å². The first kappa shape index (κ1) is 14.8. The van der Waals surface area contributed by atoms with Gasteiger partial charge < -0.3 is 0 Å². The van der Waals surface area contributed by atoms with E-state index in [1.807, 2.05) is 0 Å². The molecule has 1 heterocycles. The SMILES string of the molecule is Fc1cc(-n2c(CCl)nc3cc(Br)c(F)cc32)ccc1Cl. The van der Waals surface area contributed by atoms with Crippen LogP contribution in [0.5, 0.6) is 0 Å². The molecule has 0 fully saturated rings. The molecule has 7 heteroatoms. The van der Waals surface area contributed by atoms with Gasteiger partial charge >= 0.3 is 0 Å². The van der Waals surface area contributed by atoms with Crippen molar-refractivity contribution in [3.8, 4) is 5.69 Å². The van der Waals surface area contributed by atoms with Crippen LogP contribution in [0.3, 0.4) is 0 Å². The second kappa shape index (κ2) is 5.55. The van der Waals surface area contributed by atoms with Crippen LogP contribution in [0, 0.1) is 11.6 Å². The molecule has 0 unspecified atom stereocenters. The summed E-state index contributed by atoms with van der Waals surface area (Å²) in [6, 6.07) is 7.21. The molecule has 0 atom stereocenters. The second-order valence-electron chi connectivity index (χ2n) is 4.35. The Balaban J connectivity index is 2.34. The lowest BCUT2D eigenvalue weighted by Gasteiger charge is -2.08. The maximum atomic E-state index is 13.8. The molecule has 0 aliphatic carbocycles. The van der Waals surface area contributed by atoms with Crippen molar-refractivity contribution in [3.63, 3.8) is 0 Å². The third-order valence-electron chi connectivity index (χ3n) is 3.05. The van der Waals surface area contributed by atoms with Gasteiger partial charge in [-0.2, -0.15) is 0 Å².